The maximum Gasteiger partial charge on any atom is 0.243 e. The molecule has 1 N–H and O–H groups in total. The van der Waals surface area contributed by atoms with Crippen LogP contribution in [0.1, 0.15) is 31.9 Å². The van der Waals surface area contributed by atoms with Crippen molar-refractivity contribution in [1.82, 2.24) is 9.62 Å². The van der Waals surface area contributed by atoms with Crippen LogP contribution < -0.4 is 5.32 Å². The van der Waals surface area contributed by atoms with Gasteiger partial charge in [0.05, 0.1) is 16.6 Å². The average molecular weight is 310 g/mol. The molecule has 1 saturated heterocycles. The molecule has 0 amide bonds. The van der Waals surface area contributed by atoms with Crippen LogP contribution in [-0.2, 0) is 27.8 Å². The van der Waals surface area contributed by atoms with Crippen molar-refractivity contribution in [2.75, 3.05) is 13.1 Å². The van der Waals surface area contributed by atoms with E-state index >= 15 is 0 Å². The van der Waals surface area contributed by atoms with Gasteiger partial charge in [0.2, 0.25) is 10.0 Å². The quantitative estimate of drug-likeness (QED) is 0.899. The number of rotatable bonds is 2. The minimum Gasteiger partial charge on any atom is -0.370 e. The van der Waals surface area contributed by atoms with Gasteiger partial charge in [0.25, 0.3) is 0 Å². The van der Waals surface area contributed by atoms with Crippen LogP contribution in [0.15, 0.2) is 23.1 Å². The van der Waals surface area contributed by atoms with Gasteiger partial charge in [0.1, 0.15) is 0 Å². The number of benzene rings is 1. The average Bonchev–Trinajstić information content (AvgIpc) is 2.83. The minimum atomic E-state index is -3.46. The summed E-state index contributed by atoms with van der Waals surface area (Å²) in [7, 11) is -3.46. The van der Waals surface area contributed by atoms with Gasteiger partial charge in [-0.15, -0.1) is 0 Å². The first-order valence-corrected chi connectivity index (χ1v) is 8.72. The number of ether oxygens (including phenoxy) is 1. The lowest BCUT2D eigenvalue weighted by Gasteiger charge is -2.40. The van der Waals surface area contributed by atoms with Crippen molar-refractivity contribution in [2.24, 2.45) is 0 Å². The lowest BCUT2D eigenvalue weighted by Crippen LogP contribution is -2.53. The Hall–Kier alpha value is -0.950. The molecule has 0 bridgehead atoms. The van der Waals surface area contributed by atoms with Crippen molar-refractivity contribution >= 4 is 10.0 Å². The number of hydrogen-bond acceptors (Lipinski definition) is 4. The Kier molecular flexibility index (Phi) is 3.60. The highest BCUT2D eigenvalue weighted by Crippen LogP contribution is 2.28. The predicted octanol–water partition coefficient (Wildman–Crippen LogP) is 1.48. The maximum absolute atomic E-state index is 12.9. The summed E-state index contributed by atoms with van der Waals surface area (Å²) < 4.78 is 33.1. The third-order valence-electron chi connectivity index (χ3n) is 3.98. The first-order valence-electron chi connectivity index (χ1n) is 7.28. The van der Waals surface area contributed by atoms with Gasteiger partial charge in [-0.3, -0.25) is 0 Å². The maximum atomic E-state index is 12.9. The predicted molar refractivity (Wildman–Crippen MR) is 80.4 cm³/mol. The van der Waals surface area contributed by atoms with Crippen molar-refractivity contribution in [1.29, 1.82) is 0 Å². The Balaban J connectivity index is 1.93. The van der Waals surface area contributed by atoms with Crippen LogP contribution in [-0.4, -0.2) is 37.5 Å². The van der Waals surface area contributed by atoms with E-state index in [4.69, 9.17) is 4.74 Å². The second-order valence-electron chi connectivity index (χ2n) is 6.52. The molecule has 116 valence electrons. The van der Waals surface area contributed by atoms with E-state index in [1.54, 1.807) is 16.4 Å². The highest BCUT2D eigenvalue weighted by molar-refractivity contribution is 7.89. The number of hydrogen-bond donors (Lipinski definition) is 1. The summed E-state index contributed by atoms with van der Waals surface area (Å²) in [6.07, 6.45) is -0.0976. The Bertz CT molecular complexity index is 655. The fraction of sp³-hybridized carbons (Fsp3) is 0.600. The molecule has 3 rings (SSSR count). The highest BCUT2D eigenvalue weighted by Gasteiger charge is 2.38. The lowest BCUT2D eigenvalue weighted by molar-refractivity contribution is -0.109. The van der Waals surface area contributed by atoms with Gasteiger partial charge in [-0.25, -0.2) is 8.42 Å². The van der Waals surface area contributed by atoms with Gasteiger partial charge >= 0.3 is 0 Å². The van der Waals surface area contributed by atoms with Crippen LogP contribution >= 0.6 is 0 Å². The van der Waals surface area contributed by atoms with E-state index in [-0.39, 0.29) is 6.10 Å². The van der Waals surface area contributed by atoms with E-state index in [1.165, 1.54) is 5.56 Å². The Morgan fingerprint density at radius 1 is 1.29 bits per heavy atom. The van der Waals surface area contributed by atoms with Gasteiger partial charge in [0, 0.05) is 26.2 Å². The molecule has 1 atom stereocenters. The van der Waals surface area contributed by atoms with Gasteiger partial charge in [0.15, 0.2) is 0 Å². The van der Waals surface area contributed by atoms with Crippen molar-refractivity contribution in [3.8, 4) is 0 Å². The van der Waals surface area contributed by atoms with E-state index in [0.717, 1.165) is 18.7 Å². The number of sulfonamides is 1. The third kappa shape index (κ3) is 2.85. The van der Waals surface area contributed by atoms with Gasteiger partial charge in [-0.05, 0) is 44.0 Å². The van der Waals surface area contributed by atoms with Crippen molar-refractivity contribution in [3.63, 3.8) is 0 Å². The summed E-state index contributed by atoms with van der Waals surface area (Å²) in [6, 6.07) is 5.43. The van der Waals surface area contributed by atoms with Crippen molar-refractivity contribution < 1.29 is 13.2 Å². The Labute approximate surface area is 126 Å². The molecule has 2 aliphatic heterocycles. The van der Waals surface area contributed by atoms with Crippen molar-refractivity contribution in [2.45, 2.75) is 50.5 Å². The molecule has 0 saturated carbocycles. The monoisotopic (exact) mass is 310 g/mol. The van der Waals surface area contributed by atoms with E-state index in [2.05, 4.69) is 5.32 Å². The summed E-state index contributed by atoms with van der Waals surface area (Å²) in [4.78, 5) is 0.384. The zero-order chi connectivity index (χ0) is 15.3. The topological polar surface area (TPSA) is 58.6 Å². The fourth-order valence-corrected chi connectivity index (χ4v) is 4.88. The van der Waals surface area contributed by atoms with Crippen molar-refractivity contribution in [3.05, 3.63) is 29.3 Å². The van der Waals surface area contributed by atoms with Crippen LogP contribution in [0.4, 0.5) is 0 Å². The second kappa shape index (κ2) is 5.05. The first kappa shape index (κ1) is 15.0. The van der Waals surface area contributed by atoms with E-state index in [9.17, 15) is 8.42 Å². The summed E-state index contributed by atoms with van der Waals surface area (Å²) in [5.74, 6) is 0. The molecule has 2 heterocycles. The molecule has 1 aromatic carbocycles. The molecule has 6 heteroatoms. The summed E-state index contributed by atoms with van der Waals surface area (Å²) in [6.45, 7) is 8.11. The number of fused-ring (bicyclic) bond motifs is 1. The van der Waals surface area contributed by atoms with Crippen LogP contribution in [0, 0.1) is 0 Å². The zero-order valence-electron chi connectivity index (χ0n) is 12.7. The zero-order valence-corrected chi connectivity index (χ0v) is 13.5. The van der Waals surface area contributed by atoms with Crippen LogP contribution in [0.25, 0.3) is 0 Å². The number of nitrogens with zero attached hydrogens (tertiary/aromatic N) is 1. The molecule has 0 radical (unpaired) electrons. The molecule has 0 aliphatic carbocycles. The summed E-state index contributed by atoms with van der Waals surface area (Å²) in [5.41, 5.74) is 1.81. The van der Waals surface area contributed by atoms with Crippen LogP contribution in [0.5, 0.6) is 0 Å². The first-order chi connectivity index (χ1) is 9.78. The second-order valence-corrected chi connectivity index (χ2v) is 8.46. The van der Waals surface area contributed by atoms with E-state index < -0.39 is 15.6 Å². The summed E-state index contributed by atoms with van der Waals surface area (Å²) in [5, 5.41) is 3.24. The molecular weight excluding hydrogens is 288 g/mol. The summed E-state index contributed by atoms with van der Waals surface area (Å²) >= 11 is 0. The normalized spacial score (nSPS) is 25.8. The standard InChI is InChI=1S/C15H22N2O3S/c1-11-9-17(10-15(2,3)20-11)21(18,19)14-5-4-12-7-16-8-13(12)6-14/h4-6,11,16H,7-10H2,1-3H3. The van der Waals surface area contributed by atoms with Crippen LogP contribution in [0.3, 0.4) is 0 Å². The van der Waals surface area contributed by atoms with Gasteiger partial charge in [-0.2, -0.15) is 4.31 Å². The number of morpholine rings is 1. The Morgan fingerprint density at radius 3 is 2.71 bits per heavy atom. The Morgan fingerprint density at radius 2 is 2.00 bits per heavy atom. The highest BCUT2D eigenvalue weighted by atomic mass is 32.2. The molecule has 5 nitrogen and oxygen atoms in total. The minimum absolute atomic E-state index is 0.0976. The van der Waals surface area contributed by atoms with E-state index in [0.29, 0.717) is 18.0 Å². The van der Waals surface area contributed by atoms with Crippen LogP contribution in [0.2, 0.25) is 0 Å². The lowest BCUT2D eigenvalue weighted by atomic mass is 10.1. The fourth-order valence-electron chi connectivity index (χ4n) is 3.16. The molecular formula is C15H22N2O3S. The largest absolute Gasteiger partial charge is 0.370 e. The third-order valence-corrected chi connectivity index (χ3v) is 5.79. The molecule has 2 aliphatic rings. The molecule has 1 fully saturated rings. The van der Waals surface area contributed by atoms with E-state index in [1.807, 2.05) is 26.8 Å². The van der Waals surface area contributed by atoms with Gasteiger partial charge in [-0.1, -0.05) is 6.07 Å². The number of nitrogens with one attached hydrogen (secondary N) is 1. The smallest absolute Gasteiger partial charge is 0.243 e. The van der Waals surface area contributed by atoms with Gasteiger partial charge < -0.3 is 10.1 Å². The molecule has 0 aromatic heterocycles. The SMILES string of the molecule is CC1CN(S(=O)(=O)c2ccc3c(c2)CNC3)CC(C)(C)O1. The molecule has 1 aromatic rings. The molecule has 1 unspecified atom stereocenters. The molecule has 0 spiro atoms. The molecule has 21 heavy (non-hydrogen) atoms.